The SMILES string of the molecule is CN1CC2CCCC1(Cn1cc(C(=O)NCc3c(F)cc(F)cc3F)c(=O)c(O)c1C=O)C2. The molecule has 2 bridgehead atoms. The maximum absolute atomic E-state index is 13.9. The van der Waals surface area contributed by atoms with Crippen LogP contribution in [0.5, 0.6) is 5.75 Å². The fraction of sp³-hybridized carbons (Fsp3) is 0.435. The van der Waals surface area contributed by atoms with Gasteiger partial charge < -0.3 is 15.0 Å². The van der Waals surface area contributed by atoms with E-state index in [0.717, 1.165) is 32.2 Å². The molecule has 2 heterocycles. The average molecular weight is 463 g/mol. The molecule has 33 heavy (non-hydrogen) atoms. The normalized spacial score (nSPS) is 22.4. The molecule has 4 rings (SSSR count). The fourth-order valence-corrected chi connectivity index (χ4v) is 5.21. The third-order valence-electron chi connectivity index (χ3n) is 6.91. The Morgan fingerprint density at radius 1 is 1.30 bits per heavy atom. The summed E-state index contributed by atoms with van der Waals surface area (Å²) in [5.74, 6) is -4.78. The summed E-state index contributed by atoms with van der Waals surface area (Å²) in [4.78, 5) is 39.1. The number of aromatic hydroxyl groups is 1. The Hall–Kier alpha value is -3.14. The molecule has 0 spiro atoms. The smallest absolute Gasteiger partial charge is 0.257 e. The average Bonchev–Trinajstić information content (AvgIpc) is 2.96. The number of hydrogen-bond donors (Lipinski definition) is 2. The Bertz CT molecular complexity index is 1160. The Labute approximate surface area is 187 Å². The minimum atomic E-state index is -1.18. The van der Waals surface area contributed by atoms with Crippen molar-refractivity contribution in [2.75, 3.05) is 13.6 Å². The summed E-state index contributed by atoms with van der Waals surface area (Å²) in [7, 11) is 1.99. The van der Waals surface area contributed by atoms with Crippen LogP contribution in [0.15, 0.2) is 23.1 Å². The number of nitrogens with zero attached hydrogens (tertiary/aromatic N) is 2. The monoisotopic (exact) mass is 463 g/mol. The first-order valence-electron chi connectivity index (χ1n) is 10.7. The van der Waals surface area contributed by atoms with Crippen molar-refractivity contribution < 1.29 is 27.9 Å². The van der Waals surface area contributed by atoms with Crippen LogP contribution in [0.2, 0.25) is 0 Å². The molecular formula is C23H24F3N3O4. The first-order chi connectivity index (χ1) is 15.6. The summed E-state index contributed by atoms with van der Waals surface area (Å²) in [5.41, 5.74) is -2.60. The molecule has 2 aromatic rings. The molecule has 1 aliphatic heterocycles. The summed E-state index contributed by atoms with van der Waals surface area (Å²) < 4.78 is 42.2. The molecule has 2 unspecified atom stereocenters. The van der Waals surface area contributed by atoms with E-state index in [-0.39, 0.29) is 11.2 Å². The third-order valence-corrected chi connectivity index (χ3v) is 6.91. The first kappa shape index (κ1) is 23.0. The van der Waals surface area contributed by atoms with Crippen molar-refractivity contribution in [3.8, 4) is 5.75 Å². The van der Waals surface area contributed by atoms with E-state index in [1.165, 1.54) is 10.8 Å². The minimum absolute atomic E-state index is 0.232. The van der Waals surface area contributed by atoms with Gasteiger partial charge in [-0.25, -0.2) is 13.2 Å². The highest BCUT2D eigenvalue weighted by atomic mass is 19.1. The molecule has 2 aliphatic rings. The van der Waals surface area contributed by atoms with Crippen molar-refractivity contribution >= 4 is 12.2 Å². The lowest BCUT2D eigenvalue weighted by Gasteiger charge is -2.39. The van der Waals surface area contributed by atoms with Gasteiger partial charge in [-0.1, -0.05) is 6.42 Å². The van der Waals surface area contributed by atoms with E-state index in [1.54, 1.807) is 0 Å². The molecule has 1 saturated heterocycles. The molecule has 1 amide bonds. The highest BCUT2D eigenvalue weighted by Crippen LogP contribution is 2.44. The van der Waals surface area contributed by atoms with Gasteiger partial charge in [-0.15, -0.1) is 0 Å². The number of nitrogens with one attached hydrogen (secondary N) is 1. The topological polar surface area (TPSA) is 91.6 Å². The highest BCUT2D eigenvalue weighted by Gasteiger charge is 2.46. The number of pyridine rings is 1. The van der Waals surface area contributed by atoms with Crippen LogP contribution in [0.3, 0.4) is 0 Å². The quantitative estimate of drug-likeness (QED) is 0.643. The second-order valence-corrected chi connectivity index (χ2v) is 8.95. The molecule has 0 radical (unpaired) electrons. The highest BCUT2D eigenvalue weighted by molar-refractivity contribution is 5.95. The number of hydrogen-bond acceptors (Lipinski definition) is 5. The number of amides is 1. The predicted octanol–water partition coefficient (Wildman–Crippen LogP) is 2.59. The van der Waals surface area contributed by atoms with Gasteiger partial charge in [0.2, 0.25) is 5.43 Å². The molecule has 2 N–H and O–H groups in total. The molecule has 7 nitrogen and oxygen atoms in total. The zero-order valence-electron chi connectivity index (χ0n) is 18.0. The Kier molecular flexibility index (Phi) is 6.04. The molecule has 10 heteroatoms. The molecule has 1 saturated carbocycles. The van der Waals surface area contributed by atoms with Crippen molar-refractivity contribution in [2.24, 2.45) is 5.92 Å². The van der Waals surface area contributed by atoms with Gasteiger partial charge in [0.25, 0.3) is 5.91 Å². The summed E-state index contributed by atoms with van der Waals surface area (Å²) in [5, 5.41) is 12.6. The van der Waals surface area contributed by atoms with Gasteiger partial charge in [-0.05, 0) is 32.2 Å². The summed E-state index contributed by atoms with van der Waals surface area (Å²) in [6.45, 7) is 0.564. The third kappa shape index (κ3) is 4.15. The first-order valence-corrected chi connectivity index (χ1v) is 10.7. The van der Waals surface area contributed by atoms with E-state index in [2.05, 4.69) is 10.2 Å². The Morgan fingerprint density at radius 3 is 2.67 bits per heavy atom. The van der Waals surface area contributed by atoms with Gasteiger partial charge in [-0.2, -0.15) is 0 Å². The number of benzene rings is 1. The zero-order chi connectivity index (χ0) is 23.9. The predicted molar refractivity (Wildman–Crippen MR) is 113 cm³/mol. The molecule has 1 aromatic carbocycles. The summed E-state index contributed by atoms with van der Waals surface area (Å²) in [6.07, 6.45) is 5.47. The number of aldehydes is 1. The molecule has 1 aromatic heterocycles. The number of carbonyl (C=O) groups excluding carboxylic acids is 2. The lowest BCUT2D eigenvalue weighted by atomic mass is 9.79. The standard InChI is InChI=1S/C23H24F3N3O4/c1-28-9-13-3-2-4-23(28,7-13)12-29-10-16(20(31)21(32)19(29)11-30)22(33)27-8-15-17(25)5-14(24)6-18(15)26/h5-6,10-11,13,32H,2-4,7-9,12H2,1H3,(H,27,33). The number of rotatable bonds is 6. The van der Waals surface area contributed by atoms with Crippen molar-refractivity contribution in [3.05, 3.63) is 62.8 Å². The Balaban J connectivity index is 1.64. The second kappa shape index (κ2) is 8.66. The second-order valence-electron chi connectivity index (χ2n) is 8.95. The zero-order valence-corrected chi connectivity index (χ0v) is 18.0. The van der Waals surface area contributed by atoms with Crippen LogP contribution in [0, 0.1) is 23.4 Å². The van der Waals surface area contributed by atoms with Gasteiger partial charge in [-0.3, -0.25) is 19.3 Å². The fourth-order valence-electron chi connectivity index (χ4n) is 5.21. The summed E-state index contributed by atoms with van der Waals surface area (Å²) >= 11 is 0. The number of aromatic nitrogens is 1. The van der Waals surface area contributed by atoms with Crippen LogP contribution in [-0.4, -0.2) is 45.9 Å². The number of halogens is 3. The van der Waals surface area contributed by atoms with Crippen LogP contribution < -0.4 is 10.7 Å². The van der Waals surface area contributed by atoms with Gasteiger partial charge in [0, 0.05) is 49.1 Å². The van der Waals surface area contributed by atoms with Gasteiger partial charge in [0.15, 0.2) is 12.0 Å². The van der Waals surface area contributed by atoms with E-state index in [1.807, 2.05) is 7.05 Å². The van der Waals surface area contributed by atoms with Crippen molar-refractivity contribution in [1.82, 2.24) is 14.8 Å². The number of likely N-dealkylation sites (N-methyl/N-ethyl adjacent to an activating group) is 1. The maximum atomic E-state index is 13.9. The lowest BCUT2D eigenvalue weighted by molar-refractivity contribution is 0.0942. The molecular weight excluding hydrogens is 439 g/mol. The van der Waals surface area contributed by atoms with Crippen molar-refractivity contribution in [3.63, 3.8) is 0 Å². The lowest BCUT2D eigenvalue weighted by Crippen LogP contribution is -2.46. The maximum Gasteiger partial charge on any atom is 0.257 e. The van der Waals surface area contributed by atoms with Crippen molar-refractivity contribution in [1.29, 1.82) is 0 Å². The van der Waals surface area contributed by atoms with Crippen LogP contribution in [0.4, 0.5) is 13.2 Å². The molecule has 2 atom stereocenters. The van der Waals surface area contributed by atoms with Gasteiger partial charge in [0.1, 0.15) is 28.7 Å². The van der Waals surface area contributed by atoms with Crippen LogP contribution in [0.1, 0.15) is 52.1 Å². The van der Waals surface area contributed by atoms with Crippen LogP contribution in [0.25, 0.3) is 0 Å². The van der Waals surface area contributed by atoms with E-state index in [0.29, 0.717) is 30.9 Å². The van der Waals surface area contributed by atoms with E-state index in [4.69, 9.17) is 0 Å². The molecule has 2 fully saturated rings. The van der Waals surface area contributed by atoms with E-state index in [9.17, 15) is 32.7 Å². The van der Waals surface area contributed by atoms with E-state index >= 15 is 0 Å². The van der Waals surface area contributed by atoms with Gasteiger partial charge >= 0.3 is 0 Å². The molecule has 1 aliphatic carbocycles. The number of carbonyl (C=O) groups is 2. The van der Waals surface area contributed by atoms with Crippen molar-refractivity contribution in [2.45, 2.75) is 44.3 Å². The van der Waals surface area contributed by atoms with Crippen LogP contribution in [-0.2, 0) is 13.1 Å². The number of likely N-dealkylation sites (tertiary alicyclic amines) is 1. The Morgan fingerprint density at radius 2 is 2.00 bits per heavy atom. The largest absolute Gasteiger partial charge is 0.503 e. The van der Waals surface area contributed by atoms with Crippen LogP contribution >= 0.6 is 0 Å². The summed E-state index contributed by atoms with van der Waals surface area (Å²) in [6, 6.07) is 0.966. The molecule has 176 valence electrons. The van der Waals surface area contributed by atoms with Gasteiger partial charge in [0.05, 0.1) is 0 Å². The minimum Gasteiger partial charge on any atom is -0.503 e. The van der Waals surface area contributed by atoms with E-state index < -0.39 is 52.2 Å². The number of fused-ring (bicyclic) bond motifs is 2.